The molecule has 1 aliphatic rings. The van der Waals surface area contributed by atoms with Gasteiger partial charge in [-0.25, -0.2) is 0 Å². The van der Waals surface area contributed by atoms with Gasteiger partial charge in [-0.15, -0.1) is 12.4 Å². The third-order valence-corrected chi connectivity index (χ3v) is 3.76. The largest absolute Gasteiger partial charge is 0.496 e. The second-order valence-electron chi connectivity index (χ2n) is 5.12. The van der Waals surface area contributed by atoms with E-state index >= 15 is 0 Å². The number of piperazine rings is 1. The molecule has 19 heavy (non-hydrogen) atoms. The molecule has 2 unspecified atom stereocenters. The zero-order valence-corrected chi connectivity index (χ0v) is 14.1. The van der Waals surface area contributed by atoms with Crippen molar-refractivity contribution in [2.75, 3.05) is 20.2 Å². The van der Waals surface area contributed by atoms with Crippen LogP contribution in [0.15, 0.2) is 22.7 Å². The van der Waals surface area contributed by atoms with Gasteiger partial charge in [0.25, 0.3) is 0 Å². The van der Waals surface area contributed by atoms with E-state index in [1.54, 1.807) is 7.11 Å². The van der Waals surface area contributed by atoms with Gasteiger partial charge in [0.1, 0.15) is 5.75 Å². The van der Waals surface area contributed by atoms with Crippen LogP contribution in [0.1, 0.15) is 19.4 Å². The van der Waals surface area contributed by atoms with Crippen molar-refractivity contribution < 1.29 is 4.74 Å². The Hall–Kier alpha value is -0.290. The van der Waals surface area contributed by atoms with E-state index < -0.39 is 0 Å². The summed E-state index contributed by atoms with van der Waals surface area (Å²) in [5, 5.41) is 3.55. The van der Waals surface area contributed by atoms with Crippen LogP contribution >= 0.6 is 28.3 Å². The van der Waals surface area contributed by atoms with Crippen molar-refractivity contribution in [2.45, 2.75) is 32.5 Å². The molecule has 1 saturated heterocycles. The van der Waals surface area contributed by atoms with E-state index in [1.165, 1.54) is 5.56 Å². The Labute approximate surface area is 130 Å². The van der Waals surface area contributed by atoms with Crippen LogP contribution in [-0.2, 0) is 6.54 Å². The van der Waals surface area contributed by atoms with E-state index in [-0.39, 0.29) is 12.4 Å². The Morgan fingerprint density at radius 1 is 1.32 bits per heavy atom. The highest BCUT2D eigenvalue weighted by atomic mass is 79.9. The van der Waals surface area contributed by atoms with Crippen LogP contribution in [-0.4, -0.2) is 37.2 Å². The highest BCUT2D eigenvalue weighted by molar-refractivity contribution is 9.10. The summed E-state index contributed by atoms with van der Waals surface area (Å²) in [7, 11) is 1.73. The maximum Gasteiger partial charge on any atom is 0.123 e. The van der Waals surface area contributed by atoms with Gasteiger partial charge >= 0.3 is 0 Å². The number of nitrogens with one attached hydrogen (secondary N) is 1. The molecule has 0 radical (unpaired) electrons. The Morgan fingerprint density at radius 2 is 1.95 bits per heavy atom. The lowest BCUT2D eigenvalue weighted by Crippen LogP contribution is -2.53. The van der Waals surface area contributed by atoms with Crippen molar-refractivity contribution in [3.05, 3.63) is 28.2 Å². The number of ether oxygens (including phenoxy) is 1. The fourth-order valence-corrected chi connectivity index (χ4v) is 3.09. The fourth-order valence-electron chi connectivity index (χ4n) is 2.68. The molecule has 0 aromatic heterocycles. The van der Waals surface area contributed by atoms with Gasteiger partial charge < -0.3 is 10.1 Å². The highest BCUT2D eigenvalue weighted by Crippen LogP contribution is 2.24. The van der Waals surface area contributed by atoms with Gasteiger partial charge in [-0.2, -0.15) is 0 Å². The summed E-state index contributed by atoms with van der Waals surface area (Å²) in [6.45, 7) is 7.58. The summed E-state index contributed by atoms with van der Waals surface area (Å²) in [5.74, 6) is 0.969. The van der Waals surface area contributed by atoms with Crippen molar-refractivity contribution in [3.8, 4) is 5.75 Å². The van der Waals surface area contributed by atoms with E-state index in [1.807, 2.05) is 12.1 Å². The monoisotopic (exact) mass is 348 g/mol. The molecule has 1 heterocycles. The molecule has 0 bridgehead atoms. The molecule has 1 fully saturated rings. The molecule has 0 amide bonds. The summed E-state index contributed by atoms with van der Waals surface area (Å²) in [6.07, 6.45) is 0. The van der Waals surface area contributed by atoms with E-state index in [0.29, 0.717) is 12.1 Å². The molecule has 5 heteroatoms. The molecule has 3 nitrogen and oxygen atoms in total. The molecule has 1 aromatic rings. The summed E-state index contributed by atoms with van der Waals surface area (Å²) in [5.41, 5.74) is 1.24. The lowest BCUT2D eigenvalue weighted by molar-refractivity contribution is 0.165. The number of hydrogen-bond donors (Lipinski definition) is 1. The first kappa shape index (κ1) is 16.8. The number of benzene rings is 1. The Balaban J connectivity index is 0.00000180. The minimum atomic E-state index is 0. The average Bonchev–Trinajstić information content (AvgIpc) is 2.27. The van der Waals surface area contributed by atoms with Gasteiger partial charge in [0.15, 0.2) is 0 Å². The summed E-state index contributed by atoms with van der Waals surface area (Å²) < 4.78 is 6.54. The van der Waals surface area contributed by atoms with Gasteiger partial charge in [0.2, 0.25) is 0 Å². The smallest absolute Gasteiger partial charge is 0.123 e. The van der Waals surface area contributed by atoms with Gasteiger partial charge in [0, 0.05) is 41.8 Å². The van der Waals surface area contributed by atoms with Crippen molar-refractivity contribution in [1.29, 1.82) is 0 Å². The summed E-state index contributed by atoms with van der Waals surface area (Å²) in [4.78, 5) is 2.48. The summed E-state index contributed by atoms with van der Waals surface area (Å²) >= 11 is 3.53. The van der Waals surface area contributed by atoms with E-state index in [4.69, 9.17) is 4.74 Å². The van der Waals surface area contributed by atoms with Gasteiger partial charge in [-0.3, -0.25) is 4.90 Å². The second-order valence-corrected chi connectivity index (χ2v) is 6.03. The molecular weight excluding hydrogens is 328 g/mol. The van der Waals surface area contributed by atoms with E-state index in [9.17, 15) is 0 Å². The SMILES string of the molecule is COc1ccc(Br)cc1CN1CC(C)NC(C)C1.Cl. The molecule has 2 atom stereocenters. The van der Waals surface area contributed by atoms with Crippen molar-refractivity contribution in [3.63, 3.8) is 0 Å². The predicted molar refractivity (Wildman–Crippen MR) is 85.3 cm³/mol. The van der Waals surface area contributed by atoms with Crippen LogP contribution in [0.5, 0.6) is 5.75 Å². The second kappa shape index (κ2) is 7.48. The van der Waals surface area contributed by atoms with Crippen molar-refractivity contribution in [1.82, 2.24) is 10.2 Å². The minimum absolute atomic E-state index is 0. The zero-order valence-electron chi connectivity index (χ0n) is 11.6. The maximum atomic E-state index is 5.43. The Kier molecular flexibility index (Phi) is 6.60. The van der Waals surface area contributed by atoms with Crippen LogP contribution in [0.3, 0.4) is 0 Å². The molecule has 0 aliphatic carbocycles. The first-order valence-electron chi connectivity index (χ1n) is 6.39. The molecule has 2 rings (SSSR count). The fraction of sp³-hybridized carbons (Fsp3) is 0.571. The predicted octanol–water partition coefficient (Wildman–Crippen LogP) is 3.06. The number of methoxy groups -OCH3 is 1. The van der Waals surface area contributed by atoms with E-state index in [2.05, 4.69) is 46.1 Å². The summed E-state index contributed by atoms with van der Waals surface area (Å²) in [6, 6.07) is 7.29. The molecule has 1 N–H and O–H groups in total. The Bertz CT molecular complexity index is 406. The quantitative estimate of drug-likeness (QED) is 0.907. The van der Waals surface area contributed by atoms with Crippen LogP contribution in [0.4, 0.5) is 0 Å². The van der Waals surface area contributed by atoms with Gasteiger partial charge in [-0.05, 0) is 32.0 Å². The van der Waals surface area contributed by atoms with E-state index in [0.717, 1.165) is 29.9 Å². The third-order valence-electron chi connectivity index (χ3n) is 3.27. The molecule has 108 valence electrons. The normalized spacial score (nSPS) is 23.8. The zero-order chi connectivity index (χ0) is 13.1. The van der Waals surface area contributed by atoms with Crippen molar-refractivity contribution in [2.24, 2.45) is 0 Å². The molecule has 0 saturated carbocycles. The van der Waals surface area contributed by atoms with Crippen molar-refractivity contribution >= 4 is 28.3 Å². The number of hydrogen-bond acceptors (Lipinski definition) is 3. The minimum Gasteiger partial charge on any atom is -0.496 e. The highest BCUT2D eigenvalue weighted by Gasteiger charge is 2.21. The lowest BCUT2D eigenvalue weighted by atomic mass is 10.1. The maximum absolute atomic E-state index is 5.43. The van der Waals surface area contributed by atoms with Crippen LogP contribution in [0, 0.1) is 0 Å². The topological polar surface area (TPSA) is 24.5 Å². The van der Waals surface area contributed by atoms with Crippen LogP contribution in [0.2, 0.25) is 0 Å². The third kappa shape index (κ3) is 4.63. The lowest BCUT2D eigenvalue weighted by Gasteiger charge is -2.36. The van der Waals surface area contributed by atoms with Gasteiger partial charge in [-0.1, -0.05) is 15.9 Å². The number of rotatable bonds is 3. The first-order chi connectivity index (χ1) is 8.58. The Morgan fingerprint density at radius 3 is 2.53 bits per heavy atom. The molecular formula is C14H22BrClN2O. The molecule has 1 aliphatic heterocycles. The number of nitrogens with zero attached hydrogens (tertiary/aromatic N) is 1. The average molecular weight is 350 g/mol. The van der Waals surface area contributed by atoms with Crippen LogP contribution in [0.25, 0.3) is 0 Å². The van der Waals surface area contributed by atoms with Crippen LogP contribution < -0.4 is 10.1 Å². The van der Waals surface area contributed by atoms with Gasteiger partial charge in [0.05, 0.1) is 7.11 Å². The first-order valence-corrected chi connectivity index (χ1v) is 7.18. The standard InChI is InChI=1S/C14H21BrN2O.ClH/c1-10-7-17(8-11(2)16-10)9-12-6-13(15)4-5-14(12)18-3;/h4-6,10-11,16H,7-9H2,1-3H3;1H. The molecule has 1 aromatic carbocycles. The molecule has 0 spiro atoms. The number of halogens is 2.